The molecule has 1 aromatic heterocycles. The lowest BCUT2D eigenvalue weighted by Gasteiger charge is -2.28. The third kappa shape index (κ3) is 5.16. The van der Waals surface area contributed by atoms with Crippen molar-refractivity contribution in [1.29, 1.82) is 0 Å². The first-order valence-corrected chi connectivity index (χ1v) is 12.5. The maximum absolute atomic E-state index is 13.8. The first kappa shape index (κ1) is 27.3. The molecule has 1 unspecified atom stereocenters. The van der Waals surface area contributed by atoms with Crippen LogP contribution in [0.5, 0.6) is 17.2 Å². The summed E-state index contributed by atoms with van der Waals surface area (Å²) in [6.07, 6.45) is 0.517. The molecule has 9 nitrogen and oxygen atoms in total. The third-order valence-electron chi connectivity index (χ3n) is 6.25. The largest absolute Gasteiger partial charge is 0.503 e. The number of amides is 1. The van der Waals surface area contributed by atoms with Crippen LogP contribution in [0.15, 0.2) is 52.1 Å². The van der Waals surface area contributed by atoms with Crippen molar-refractivity contribution >= 4 is 34.3 Å². The summed E-state index contributed by atoms with van der Waals surface area (Å²) in [4.78, 5) is 28.5. The number of nitrogens with zero attached hydrogens (tertiary/aromatic N) is 1. The number of hydrogen-bond acceptors (Lipinski definition) is 8. The minimum Gasteiger partial charge on any atom is -0.503 e. The van der Waals surface area contributed by atoms with Gasteiger partial charge in [0.05, 0.1) is 39.0 Å². The van der Waals surface area contributed by atoms with Crippen LogP contribution in [0.25, 0.3) is 11.0 Å². The molecule has 0 saturated heterocycles. The number of furan rings is 1. The highest BCUT2D eigenvalue weighted by molar-refractivity contribution is 6.31. The minimum atomic E-state index is -0.945. The van der Waals surface area contributed by atoms with Gasteiger partial charge in [-0.05, 0) is 62.2 Å². The zero-order valence-electron chi connectivity index (χ0n) is 21.9. The SMILES string of the molecule is COc1cc(C2C(C(=O)c3cc4cc(Cl)ccc4o3)=C(O)C(=O)N2CCCOC(C)C)cc(OC)c1OC. The van der Waals surface area contributed by atoms with Gasteiger partial charge in [-0.1, -0.05) is 11.6 Å². The number of fused-ring (bicyclic) bond motifs is 1. The number of ether oxygens (including phenoxy) is 4. The summed E-state index contributed by atoms with van der Waals surface area (Å²) in [6, 6.07) is 8.88. The van der Waals surface area contributed by atoms with Crippen LogP contribution in [-0.2, 0) is 9.53 Å². The standard InChI is InChI=1S/C28H30ClNO8/c1-15(2)37-10-6-9-30-24(17-13-21(34-3)27(36-5)22(14-17)35-4)23(26(32)28(30)33)25(31)20-12-16-11-18(29)7-8-19(16)38-20/h7-8,11-15,24,32H,6,9-10H2,1-5H3. The number of halogens is 1. The first-order valence-electron chi connectivity index (χ1n) is 12.1. The number of rotatable bonds is 11. The zero-order valence-corrected chi connectivity index (χ0v) is 22.6. The molecule has 0 aliphatic carbocycles. The van der Waals surface area contributed by atoms with Gasteiger partial charge in [-0.2, -0.15) is 0 Å². The topological polar surface area (TPSA) is 108 Å². The molecule has 1 aliphatic rings. The molecule has 0 spiro atoms. The van der Waals surface area contributed by atoms with Crippen molar-refractivity contribution in [2.75, 3.05) is 34.5 Å². The van der Waals surface area contributed by atoms with Crippen LogP contribution in [-0.4, -0.2) is 62.3 Å². The smallest absolute Gasteiger partial charge is 0.290 e. The zero-order chi connectivity index (χ0) is 27.6. The average molecular weight is 544 g/mol. The average Bonchev–Trinajstić information content (AvgIpc) is 3.43. The molecule has 2 aromatic carbocycles. The molecule has 1 amide bonds. The number of carbonyl (C=O) groups is 2. The fourth-order valence-corrected chi connectivity index (χ4v) is 4.72. The van der Waals surface area contributed by atoms with E-state index < -0.39 is 23.5 Å². The Kier molecular flexibility index (Phi) is 8.18. The molecule has 2 heterocycles. The van der Waals surface area contributed by atoms with Gasteiger partial charge < -0.3 is 33.4 Å². The van der Waals surface area contributed by atoms with Crippen molar-refractivity contribution in [2.45, 2.75) is 32.4 Å². The number of hydrogen-bond donors (Lipinski definition) is 1. The molecule has 0 radical (unpaired) electrons. The number of aliphatic hydroxyl groups is 1. The molecule has 1 N–H and O–H groups in total. The molecule has 0 saturated carbocycles. The highest BCUT2D eigenvalue weighted by Crippen LogP contribution is 2.45. The van der Waals surface area contributed by atoms with Crippen LogP contribution in [0, 0.1) is 0 Å². The van der Waals surface area contributed by atoms with Gasteiger partial charge in [-0.3, -0.25) is 9.59 Å². The summed E-state index contributed by atoms with van der Waals surface area (Å²) in [5.74, 6) is -0.923. The number of benzene rings is 2. The Bertz CT molecular complexity index is 1370. The predicted octanol–water partition coefficient (Wildman–Crippen LogP) is 5.51. The summed E-state index contributed by atoms with van der Waals surface area (Å²) in [5.41, 5.74) is 0.831. The van der Waals surface area contributed by atoms with Gasteiger partial charge in [-0.25, -0.2) is 0 Å². The van der Waals surface area contributed by atoms with E-state index in [2.05, 4.69) is 0 Å². The second-order valence-corrected chi connectivity index (χ2v) is 9.45. The van der Waals surface area contributed by atoms with Gasteiger partial charge in [0.1, 0.15) is 5.58 Å². The molecule has 4 rings (SSSR count). The molecule has 1 aliphatic heterocycles. The van der Waals surface area contributed by atoms with E-state index in [4.69, 9.17) is 35.0 Å². The van der Waals surface area contributed by atoms with Crippen molar-refractivity contribution in [1.82, 2.24) is 4.90 Å². The van der Waals surface area contributed by atoms with Crippen molar-refractivity contribution in [3.63, 3.8) is 0 Å². The summed E-state index contributed by atoms with van der Waals surface area (Å²) >= 11 is 6.09. The lowest BCUT2D eigenvalue weighted by Crippen LogP contribution is -2.32. The molecule has 202 valence electrons. The quantitative estimate of drug-likeness (QED) is 0.249. The lowest BCUT2D eigenvalue weighted by molar-refractivity contribution is -0.129. The molecule has 1 atom stereocenters. The Hall–Kier alpha value is -3.69. The Morgan fingerprint density at radius 1 is 1.08 bits per heavy atom. The number of carbonyl (C=O) groups excluding carboxylic acids is 2. The van der Waals surface area contributed by atoms with Gasteiger partial charge in [0.25, 0.3) is 5.91 Å². The molecule has 38 heavy (non-hydrogen) atoms. The first-order chi connectivity index (χ1) is 18.2. The third-order valence-corrected chi connectivity index (χ3v) is 6.48. The Balaban J connectivity index is 1.81. The predicted molar refractivity (Wildman–Crippen MR) is 141 cm³/mol. The van der Waals surface area contributed by atoms with Crippen molar-refractivity contribution in [3.8, 4) is 17.2 Å². The molecule has 0 bridgehead atoms. The fraction of sp³-hybridized carbons (Fsp3) is 0.357. The summed E-state index contributed by atoms with van der Waals surface area (Å²) in [5, 5.41) is 12.1. The van der Waals surface area contributed by atoms with E-state index >= 15 is 0 Å². The van der Waals surface area contributed by atoms with Crippen LogP contribution in [0.1, 0.15) is 42.4 Å². The van der Waals surface area contributed by atoms with Gasteiger partial charge in [0, 0.05) is 23.6 Å². The summed E-state index contributed by atoms with van der Waals surface area (Å²) in [7, 11) is 4.43. The summed E-state index contributed by atoms with van der Waals surface area (Å²) in [6.45, 7) is 4.47. The van der Waals surface area contributed by atoms with Crippen LogP contribution < -0.4 is 14.2 Å². The van der Waals surface area contributed by atoms with E-state index in [9.17, 15) is 14.7 Å². The minimum absolute atomic E-state index is 0.0282. The second-order valence-electron chi connectivity index (χ2n) is 9.02. The van der Waals surface area contributed by atoms with Crippen LogP contribution >= 0.6 is 11.6 Å². The van der Waals surface area contributed by atoms with E-state index in [1.165, 1.54) is 26.2 Å². The van der Waals surface area contributed by atoms with Crippen molar-refractivity contribution in [3.05, 3.63) is 64.1 Å². The number of aliphatic hydroxyl groups excluding tert-OH is 1. The van der Waals surface area contributed by atoms with Gasteiger partial charge in [0.15, 0.2) is 23.0 Å². The van der Waals surface area contributed by atoms with Crippen molar-refractivity contribution < 1.29 is 38.1 Å². The molecular weight excluding hydrogens is 514 g/mol. The Morgan fingerprint density at radius 3 is 2.37 bits per heavy atom. The van der Waals surface area contributed by atoms with E-state index in [-0.39, 0.29) is 24.0 Å². The monoisotopic (exact) mass is 543 g/mol. The Labute approximate surface area is 225 Å². The number of ketones is 1. The molecule has 10 heteroatoms. The van der Waals surface area contributed by atoms with Gasteiger partial charge >= 0.3 is 0 Å². The van der Waals surface area contributed by atoms with E-state index in [1.807, 2.05) is 13.8 Å². The van der Waals surface area contributed by atoms with E-state index in [0.717, 1.165) is 0 Å². The van der Waals surface area contributed by atoms with Crippen LogP contribution in [0.3, 0.4) is 0 Å². The van der Waals surface area contributed by atoms with Gasteiger partial charge in [-0.15, -0.1) is 0 Å². The molecule has 3 aromatic rings. The highest BCUT2D eigenvalue weighted by Gasteiger charge is 2.45. The van der Waals surface area contributed by atoms with Crippen LogP contribution in [0.2, 0.25) is 5.02 Å². The fourth-order valence-electron chi connectivity index (χ4n) is 4.53. The normalized spacial score (nSPS) is 15.6. The second kappa shape index (κ2) is 11.4. The molecule has 0 fully saturated rings. The number of Topliss-reactive ketones (excluding diaryl/α,β-unsaturated/α-hetero) is 1. The summed E-state index contributed by atoms with van der Waals surface area (Å²) < 4.78 is 27.8. The van der Waals surface area contributed by atoms with Crippen molar-refractivity contribution in [2.24, 2.45) is 0 Å². The van der Waals surface area contributed by atoms with E-state index in [1.54, 1.807) is 36.4 Å². The van der Waals surface area contributed by atoms with E-state index in [0.29, 0.717) is 51.8 Å². The maximum Gasteiger partial charge on any atom is 0.290 e. The number of methoxy groups -OCH3 is 3. The highest BCUT2D eigenvalue weighted by atomic mass is 35.5. The maximum atomic E-state index is 13.8. The van der Waals surface area contributed by atoms with Gasteiger partial charge in [0.2, 0.25) is 11.5 Å². The molecular formula is C28H30ClNO8. The van der Waals surface area contributed by atoms with Crippen LogP contribution in [0.4, 0.5) is 0 Å². The lowest BCUT2D eigenvalue weighted by atomic mass is 9.94. The Morgan fingerprint density at radius 2 is 1.76 bits per heavy atom.